The number of nitrogens with zero attached hydrogens (tertiary/aromatic N) is 1. The molecule has 1 fully saturated rings. The third-order valence-electron chi connectivity index (χ3n) is 2.69. The maximum atomic E-state index is 11.8. The first-order valence-electron chi connectivity index (χ1n) is 5.86. The summed E-state index contributed by atoms with van der Waals surface area (Å²) < 4.78 is 5.19. The summed E-state index contributed by atoms with van der Waals surface area (Å²) >= 11 is 0. The molecule has 16 heavy (non-hydrogen) atoms. The minimum atomic E-state index is 0.0347. The lowest BCUT2D eigenvalue weighted by molar-refractivity contribution is -0.135. The first-order chi connectivity index (χ1) is 7.63. The van der Waals surface area contributed by atoms with Crippen LogP contribution in [0.1, 0.15) is 20.3 Å². The van der Waals surface area contributed by atoms with Crippen LogP contribution >= 0.6 is 0 Å². The molecule has 0 radical (unpaired) electrons. The molecule has 5 heteroatoms. The molecule has 1 rings (SSSR count). The normalized spacial score (nSPS) is 20.6. The molecule has 1 heterocycles. The molecule has 2 atom stereocenters. The van der Waals surface area contributed by atoms with Crippen LogP contribution in [0, 0.1) is 0 Å². The van der Waals surface area contributed by atoms with Gasteiger partial charge in [-0.25, -0.2) is 0 Å². The van der Waals surface area contributed by atoms with Gasteiger partial charge in [-0.15, -0.1) is 0 Å². The number of ether oxygens (including phenoxy) is 1. The Hall–Kier alpha value is -0.650. The molecule has 1 saturated heterocycles. The van der Waals surface area contributed by atoms with Gasteiger partial charge in [0, 0.05) is 31.6 Å². The summed E-state index contributed by atoms with van der Waals surface area (Å²) in [6.07, 6.45) is 0.477. The van der Waals surface area contributed by atoms with Crippen LogP contribution in [0.25, 0.3) is 0 Å². The van der Waals surface area contributed by atoms with Gasteiger partial charge in [0.15, 0.2) is 0 Å². The second kappa shape index (κ2) is 6.83. The molecule has 0 saturated carbocycles. The number of hydrogen-bond acceptors (Lipinski definition) is 4. The molecule has 0 aromatic carbocycles. The van der Waals surface area contributed by atoms with Crippen molar-refractivity contribution >= 4 is 5.91 Å². The number of rotatable bonds is 5. The number of carbonyl (C=O) groups is 1. The van der Waals surface area contributed by atoms with Crippen molar-refractivity contribution in [1.29, 1.82) is 0 Å². The highest BCUT2D eigenvalue weighted by Crippen LogP contribution is 2.03. The molecule has 1 amide bonds. The first-order valence-corrected chi connectivity index (χ1v) is 5.86. The van der Waals surface area contributed by atoms with E-state index in [9.17, 15) is 4.79 Å². The fraction of sp³-hybridized carbons (Fsp3) is 0.909. The molecule has 0 bridgehead atoms. The molecular formula is C11H22N2O3. The molecular weight excluding hydrogens is 208 g/mol. The summed E-state index contributed by atoms with van der Waals surface area (Å²) in [5.41, 5.74) is 0. The molecule has 1 unspecified atom stereocenters. The molecule has 94 valence electrons. The maximum absolute atomic E-state index is 11.8. The lowest BCUT2D eigenvalue weighted by Gasteiger charge is -2.28. The summed E-state index contributed by atoms with van der Waals surface area (Å²) in [5, 5.41) is 12.1. The Kier molecular flexibility index (Phi) is 5.73. The summed E-state index contributed by atoms with van der Waals surface area (Å²) in [5.74, 6) is 0.161. The van der Waals surface area contributed by atoms with Gasteiger partial charge in [0.25, 0.3) is 0 Å². The lowest BCUT2D eigenvalue weighted by Crippen LogP contribution is -2.45. The van der Waals surface area contributed by atoms with Gasteiger partial charge in [-0.2, -0.15) is 0 Å². The van der Waals surface area contributed by atoms with Crippen molar-refractivity contribution in [3.63, 3.8) is 0 Å². The fourth-order valence-electron chi connectivity index (χ4n) is 1.80. The number of aliphatic hydroxyl groups excluding tert-OH is 1. The Morgan fingerprint density at radius 2 is 2.00 bits per heavy atom. The van der Waals surface area contributed by atoms with Crippen LogP contribution < -0.4 is 5.32 Å². The average molecular weight is 230 g/mol. The van der Waals surface area contributed by atoms with Gasteiger partial charge < -0.3 is 20.1 Å². The highest BCUT2D eigenvalue weighted by Gasteiger charge is 2.19. The summed E-state index contributed by atoms with van der Waals surface area (Å²) in [4.78, 5) is 13.7. The minimum absolute atomic E-state index is 0.0347. The molecule has 0 spiro atoms. The van der Waals surface area contributed by atoms with Crippen LogP contribution in [0.2, 0.25) is 0 Å². The topological polar surface area (TPSA) is 61.8 Å². The van der Waals surface area contributed by atoms with Crippen LogP contribution in [0.4, 0.5) is 0 Å². The van der Waals surface area contributed by atoms with E-state index in [4.69, 9.17) is 9.84 Å². The van der Waals surface area contributed by atoms with Crippen LogP contribution in [-0.2, 0) is 9.53 Å². The van der Waals surface area contributed by atoms with E-state index in [1.165, 1.54) is 0 Å². The monoisotopic (exact) mass is 230 g/mol. The zero-order valence-electron chi connectivity index (χ0n) is 10.1. The highest BCUT2D eigenvalue weighted by molar-refractivity contribution is 5.76. The number of aliphatic hydroxyl groups is 1. The molecule has 0 aliphatic carbocycles. The van der Waals surface area contributed by atoms with Crippen LogP contribution in [0.15, 0.2) is 0 Å². The van der Waals surface area contributed by atoms with E-state index in [-0.39, 0.29) is 24.6 Å². The van der Waals surface area contributed by atoms with Crippen LogP contribution in [-0.4, -0.2) is 60.9 Å². The number of nitrogens with one attached hydrogen (secondary N) is 1. The van der Waals surface area contributed by atoms with E-state index in [0.29, 0.717) is 32.7 Å². The third kappa shape index (κ3) is 4.47. The fourth-order valence-corrected chi connectivity index (χ4v) is 1.80. The van der Waals surface area contributed by atoms with Gasteiger partial charge in [-0.1, -0.05) is 0 Å². The number of morpholine rings is 1. The zero-order chi connectivity index (χ0) is 12.0. The van der Waals surface area contributed by atoms with Crippen molar-refractivity contribution in [3.05, 3.63) is 0 Å². The van der Waals surface area contributed by atoms with Crippen LogP contribution in [0.3, 0.4) is 0 Å². The van der Waals surface area contributed by atoms with Gasteiger partial charge in [-0.3, -0.25) is 4.79 Å². The second-order valence-electron chi connectivity index (χ2n) is 4.35. The van der Waals surface area contributed by atoms with E-state index in [0.717, 1.165) is 0 Å². The third-order valence-corrected chi connectivity index (χ3v) is 2.69. The average Bonchev–Trinajstić information content (AvgIpc) is 2.29. The predicted molar refractivity (Wildman–Crippen MR) is 61.2 cm³/mol. The SMILES string of the molecule is CC(CC(=O)N1CCOCC1)N[C@H](C)CO. The molecule has 2 N–H and O–H groups in total. The number of amides is 1. The maximum Gasteiger partial charge on any atom is 0.224 e. The van der Waals surface area contributed by atoms with Crippen molar-refractivity contribution < 1.29 is 14.6 Å². The number of carbonyl (C=O) groups excluding carboxylic acids is 1. The van der Waals surface area contributed by atoms with Gasteiger partial charge in [0.05, 0.1) is 19.8 Å². The van der Waals surface area contributed by atoms with Gasteiger partial charge in [0.2, 0.25) is 5.91 Å². The predicted octanol–water partition coefficient (Wildman–Crippen LogP) is -0.406. The Labute approximate surface area is 96.8 Å². The van der Waals surface area contributed by atoms with Crippen molar-refractivity contribution in [3.8, 4) is 0 Å². The quantitative estimate of drug-likeness (QED) is 0.674. The van der Waals surface area contributed by atoms with Crippen molar-refractivity contribution in [2.45, 2.75) is 32.4 Å². The van der Waals surface area contributed by atoms with E-state index >= 15 is 0 Å². The van der Waals surface area contributed by atoms with E-state index in [1.807, 2.05) is 18.7 Å². The molecule has 5 nitrogen and oxygen atoms in total. The Morgan fingerprint density at radius 1 is 1.38 bits per heavy atom. The van der Waals surface area contributed by atoms with E-state index in [2.05, 4.69) is 5.32 Å². The zero-order valence-corrected chi connectivity index (χ0v) is 10.1. The van der Waals surface area contributed by atoms with Gasteiger partial charge in [0.1, 0.15) is 0 Å². The largest absolute Gasteiger partial charge is 0.395 e. The summed E-state index contributed by atoms with van der Waals surface area (Å²) in [7, 11) is 0. The Morgan fingerprint density at radius 3 is 2.56 bits per heavy atom. The van der Waals surface area contributed by atoms with Crippen molar-refractivity contribution in [2.75, 3.05) is 32.9 Å². The summed E-state index contributed by atoms with van der Waals surface area (Å²) in [6, 6.07) is 0.130. The van der Waals surface area contributed by atoms with Gasteiger partial charge in [-0.05, 0) is 13.8 Å². The van der Waals surface area contributed by atoms with Gasteiger partial charge >= 0.3 is 0 Å². The second-order valence-corrected chi connectivity index (χ2v) is 4.35. The van der Waals surface area contributed by atoms with Crippen molar-refractivity contribution in [1.82, 2.24) is 10.2 Å². The molecule has 1 aliphatic heterocycles. The first kappa shape index (κ1) is 13.4. The standard InChI is InChI=1S/C11H22N2O3/c1-9(12-10(2)8-14)7-11(15)13-3-5-16-6-4-13/h9-10,12,14H,3-8H2,1-2H3/t9?,10-/m1/s1. The molecule has 0 aromatic rings. The number of hydrogen-bond donors (Lipinski definition) is 2. The molecule has 0 aromatic heterocycles. The lowest BCUT2D eigenvalue weighted by atomic mass is 10.2. The van der Waals surface area contributed by atoms with E-state index < -0.39 is 0 Å². The van der Waals surface area contributed by atoms with Crippen molar-refractivity contribution in [2.24, 2.45) is 0 Å². The smallest absolute Gasteiger partial charge is 0.224 e. The Balaban J connectivity index is 2.26. The minimum Gasteiger partial charge on any atom is -0.395 e. The molecule has 1 aliphatic rings. The van der Waals surface area contributed by atoms with Crippen LogP contribution in [0.5, 0.6) is 0 Å². The summed E-state index contributed by atoms with van der Waals surface area (Å²) in [6.45, 7) is 6.62. The Bertz CT molecular complexity index is 217. The highest BCUT2D eigenvalue weighted by atomic mass is 16.5. The van der Waals surface area contributed by atoms with E-state index in [1.54, 1.807) is 0 Å².